The lowest BCUT2D eigenvalue weighted by Crippen LogP contribution is -2.27. The molecule has 20 heavy (non-hydrogen) atoms. The van der Waals surface area contributed by atoms with Gasteiger partial charge in [0.15, 0.2) is 0 Å². The van der Waals surface area contributed by atoms with Crippen LogP contribution in [0.2, 0.25) is 0 Å². The average Bonchev–Trinajstić information content (AvgIpc) is 2.26. The molecule has 112 valence electrons. The molecular formula is C14H18F3NOS. The molecule has 0 heterocycles. The molecule has 0 spiro atoms. The monoisotopic (exact) mass is 305 g/mol. The van der Waals surface area contributed by atoms with Crippen LogP contribution in [-0.4, -0.2) is 15.0 Å². The van der Waals surface area contributed by atoms with Crippen LogP contribution in [0.25, 0.3) is 0 Å². The van der Waals surface area contributed by atoms with Crippen LogP contribution in [0.4, 0.5) is 13.2 Å². The second-order valence-corrected chi connectivity index (χ2v) is 7.50. The fraction of sp³-hybridized carbons (Fsp3) is 0.500. The summed E-state index contributed by atoms with van der Waals surface area (Å²) in [6, 6.07) is 3.72. The maximum atomic E-state index is 14.1. The third kappa shape index (κ3) is 3.99. The lowest BCUT2D eigenvalue weighted by atomic mass is 10.0. The van der Waals surface area contributed by atoms with Crippen LogP contribution in [0, 0.1) is 5.82 Å². The Labute approximate surface area is 120 Å². The number of halogens is 3. The van der Waals surface area contributed by atoms with Gasteiger partial charge in [0.25, 0.3) is 5.92 Å². The normalized spacial score (nSPS) is 15.3. The Hall–Kier alpha value is -1.01. The molecule has 2 nitrogen and oxygen atoms in total. The SMILES string of the molecule is C/C(=N\[S@@+]([O-])C(C)(C)C)c1cccc(C(C)(F)F)c1F. The first-order chi connectivity index (χ1) is 8.94. The zero-order chi connectivity index (χ0) is 15.7. The Kier molecular flexibility index (Phi) is 4.92. The maximum Gasteiger partial charge on any atom is 0.273 e. The number of hydrogen-bond donors (Lipinski definition) is 0. The van der Waals surface area contributed by atoms with E-state index in [1.165, 1.54) is 19.1 Å². The van der Waals surface area contributed by atoms with Crippen LogP contribution in [0.5, 0.6) is 0 Å². The van der Waals surface area contributed by atoms with Gasteiger partial charge in [-0.3, -0.25) is 0 Å². The van der Waals surface area contributed by atoms with E-state index in [1.807, 2.05) is 0 Å². The van der Waals surface area contributed by atoms with Gasteiger partial charge in [-0.05, 0) is 27.7 Å². The smallest absolute Gasteiger partial charge is 0.273 e. The van der Waals surface area contributed by atoms with Crippen LogP contribution in [0.1, 0.15) is 45.7 Å². The first-order valence-electron chi connectivity index (χ1n) is 6.09. The minimum Gasteiger partial charge on any atom is -0.591 e. The predicted molar refractivity (Wildman–Crippen MR) is 76.1 cm³/mol. The fourth-order valence-electron chi connectivity index (χ4n) is 1.46. The van der Waals surface area contributed by atoms with Gasteiger partial charge < -0.3 is 4.55 Å². The number of hydrogen-bond acceptors (Lipinski definition) is 2. The van der Waals surface area contributed by atoms with Gasteiger partial charge in [-0.1, -0.05) is 22.6 Å². The van der Waals surface area contributed by atoms with Gasteiger partial charge in [-0.15, -0.1) is 0 Å². The number of nitrogens with zero attached hydrogens (tertiary/aromatic N) is 1. The summed E-state index contributed by atoms with van der Waals surface area (Å²) in [5, 5.41) is 0. The Morgan fingerprint density at radius 1 is 1.20 bits per heavy atom. The van der Waals surface area contributed by atoms with E-state index in [1.54, 1.807) is 20.8 Å². The van der Waals surface area contributed by atoms with Crippen molar-refractivity contribution >= 4 is 17.1 Å². The molecule has 0 radical (unpaired) electrons. The highest BCUT2D eigenvalue weighted by Crippen LogP contribution is 2.31. The van der Waals surface area contributed by atoms with Gasteiger partial charge in [0, 0.05) is 12.5 Å². The van der Waals surface area contributed by atoms with Crippen molar-refractivity contribution < 1.29 is 17.7 Å². The minimum atomic E-state index is -3.27. The van der Waals surface area contributed by atoms with E-state index in [-0.39, 0.29) is 11.3 Å². The summed E-state index contributed by atoms with van der Waals surface area (Å²) in [7, 11) is 0. The van der Waals surface area contributed by atoms with Crippen molar-refractivity contribution in [2.24, 2.45) is 4.40 Å². The number of alkyl halides is 2. The maximum absolute atomic E-state index is 14.1. The summed E-state index contributed by atoms with van der Waals surface area (Å²) >= 11 is -1.57. The van der Waals surface area contributed by atoms with E-state index in [2.05, 4.69) is 4.40 Å². The standard InChI is InChI=1S/C14H18F3NOS/c1-9(18-20(19)13(2,3)4)10-7-6-8-11(12(10)15)14(5,16)17/h6-8H,1-5H3/b18-9+/t20-/m0/s1. The summed E-state index contributed by atoms with van der Waals surface area (Å²) in [6.07, 6.45) is 0. The highest BCUT2D eigenvalue weighted by atomic mass is 32.2. The second-order valence-electron chi connectivity index (χ2n) is 5.59. The number of rotatable bonds is 3. The molecule has 0 aliphatic carbocycles. The molecular weight excluding hydrogens is 287 g/mol. The van der Waals surface area contributed by atoms with Crippen molar-refractivity contribution in [2.75, 3.05) is 0 Å². The molecule has 0 aromatic heterocycles. The second kappa shape index (κ2) is 5.77. The first kappa shape index (κ1) is 17.0. The molecule has 1 aromatic carbocycles. The van der Waals surface area contributed by atoms with E-state index in [4.69, 9.17) is 0 Å². The highest BCUT2D eigenvalue weighted by Gasteiger charge is 2.31. The number of benzene rings is 1. The van der Waals surface area contributed by atoms with Crippen LogP contribution >= 0.6 is 0 Å². The first-order valence-corrected chi connectivity index (χ1v) is 7.19. The summed E-state index contributed by atoms with van der Waals surface area (Å²) < 4.78 is 55.9. The van der Waals surface area contributed by atoms with Crippen molar-refractivity contribution in [1.82, 2.24) is 0 Å². The molecule has 0 fully saturated rings. The van der Waals surface area contributed by atoms with Crippen LogP contribution in [0.3, 0.4) is 0 Å². The van der Waals surface area contributed by atoms with Gasteiger partial charge in [0.2, 0.25) is 0 Å². The van der Waals surface area contributed by atoms with Gasteiger partial charge in [0.05, 0.1) is 11.3 Å². The molecule has 0 aliphatic heterocycles. The van der Waals surface area contributed by atoms with Crippen molar-refractivity contribution in [3.63, 3.8) is 0 Å². The minimum absolute atomic E-state index is 0.0541. The van der Waals surface area contributed by atoms with Crippen molar-refractivity contribution in [3.05, 3.63) is 35.1 Å². The summed E-state index contributed by atoms with van der Waals surface area (Å²) in [6.45, 7) is 7.28. The zero-order valence-electron chi connectivity index (χ0n) is 12.1. The molecule has 0 saturated heterocycles. The molecule has 6 heteroatoms. The molecule has 1 aromatic rings. The van der Waals surface area contributed by atoms with Gasteiger partial charge >= 0.3 is 0 Å². The van der Waals surface area contributed by atoms with Crippen LogP contribution in [0.15, 0.2) is 22.6 Å². The van der Waals surface area contributed by atoms with E-state index < -0.39 is 33.4 Å². The lowest BCUT2D eigenvalue weighted by Gasteiger charge is -2.19. The molecule has 0 N–H and O–H groups in total. The summed E-state index contributed by atoms with van der Waals surface area (Å²) in [5.41, 5.74) is -0.602. The average molecular weight is 305 g/mol. The van der Waals surface area contributed by atoms with Gasteiger partial charge in [0.1, 0.15) is 21.9 Å². The molecule has 0 amide bonds. The van der Waals surface area contributed by atoms with Crippen LogP contribution in [-0.2, 0) is 17.3 Å². The third-order valence-electron chi connectivity index (χ3n) is 2.61. The van der Waals surface area contributed by atoms with Gasteiger partial charge in [-0.2, -0.15) is 0 Å². The zero-order valence-corrected chi connectivity index (χ0v) is 12.9. The molecule has 0 unspecified atom stereocenters. The topological polar surface area (TPSA) is 35.4 Å². The fourth-order valence-corrected chi connectivity index (χ4v) is 2.08. The summed E-state index contributed by atoms with van der Waals surface area (Å²) in [5.74, 6) is -4.30. The molecule has 1 atom stereocenters. The molecule has 1 rings (SSSR count). The van der Waals surface area contributed by atoms with E-state index in [0.29, 0.717) is 6.92 Å². The van der Waals surface area contributed by atoms with Crippen molar-refractivity contribution in [3.8, 4) is 0 Å². The molecule has 0 saturated carbocycles. The Morgan fingerprint density at radius 2 is 1.75 bits per heavy atom. The Bertz CT molecular complexity index is 518. The molecule has 0 bridgehead atoms. The predicted octanol–water partition coefficient (Wildman–Crippen LogP) is 4.21. The third-order valence-corrected chi connectivity index (χ3v) is 4.09. The van der Waals surface area contributed by atoms with E-state index in [9.17, 15) is 17.7 Å². The van der Waals surface area contributed by atoms with E-state index in [0.717, 1.165) is 6.07 Å². The quantitative estimate of drug-likeness (QED) is 0.608. The largest absolute Gasteiger partial charge is 0.591 e. The Morgan fingerprint density at radius 3 is 2.20 bits per heavy atom. The van der Waals surface area contributed by atoms with Crippen LogP contribution < -0.4 is 0 Å². The van der Waals surface area contributed by atoms with E-state index >= 15 is 0 Å². The Balaban J connectivity index is 3.25. The molecule has 0 aliphatic rings. The summed E-state index contributed by atoms with van der Waals surface area (Å²) in [4.78, 5) is 0. The highest BCUT2D eigenvalue weighted by molar-refractivity contribution is 7.91. The lowest BCUT2D eigenvalue weighted by molar-refractivity contribution is 0.0137. The van der Waals surface area contributed by atoms with Crippen molar-refractivity contribution in [1.29, 1.82) is 0 Å². The van der Waals surface area contributed by atoms with Crippen molar-refractivity contribution in [2.45, 2.75) is 45.3 Å². The van der Waals surface area contributed by atoms with Gasteiger partial charge in [-0.25, -0.2) is 13.2 Å².